The Kier molecular flexibility index (Phi) is 7.00. The number of nitrogens with one attached hydrogen (secondary N) is 2. The van der Waals surface area contributed by atoms with Crippen molar-refractivity contribution in [2.75, 3.05) is 13.7 Å². The molecule has 0 unspecified atom stereocenters. The molecule has 3 rings (SSSR count). The van der Waals surface area contributed by atoms with Gasteiger partial charge in [-0.05, 0) is 41.1 Å². The monoisotopic (exact) mass is 406 g/mol. The van der Waals surface area contributed by atoms with Gasteiger partial charge in [0.05, 0.1) is 7.11 Å². The van der Waals surface area contributed by atoms with Crippen LogP contribution in [0.1, 0.15) is 23.2 Å². The fraction of sp³-hybridized carbons (Fsp3) is 0.174. The Morgan fingerprint density at radius 1 is 0.767 bits per heavy atom. The van der Waals surface area contributed by atoms with Crippen molar-refractivity contribution < 1.29 is 23.9 Å². The maximum absolute atomic E-state index is 12.3. The van der Waals surface area contributed by atoms with E-state index in [-0.39, 0.29) is 25.2 Å². The Balaban J connectivity index is 1.39. The van der Waals surface area contributed by atoms with Gasteiger partial charge in [-0.2, -0.15) is 0 Å². The second-order valence-corrected chi connectivity index (χ2v) is 6.55. The molecule has 2 amide bonds. The standard InChI is InChI=1S/C23H22N2O5/c1-29-19-8-10-20(11-9-19)30-15-23(28)25-24-22(27)13-12-21(26)18-7-6-16-4-2-3-5-17(16)14-18/h2-11,14H,12-13,15H2,1H3,(H,24,27)(H,25,28). The Labute approximate surface area is 174 Å². The van der Waals surface area contributed by atoms with Crippen LogP contribution in [0.2, 0.25) is 0 Å². The predicted octanol–water partition coefficient (Wildman–Crippen LogP) is 3.04. The molecule has 7 heteroatoms. The Hall–Kier alpha value is -3.87. The molecule has 30 heavy (non-hydrogen) atoms. The van der Waals surface area contributed by atoms with Gasteiger partial charge >= 0.3 is 0 Å². The number of carbonyl (C=O) groups is 3. The molecule has 0 heterocycles. The number of benzene rings is 3. The summed E-state index contributed by atoms with van der Waals surface area (Å²) < 4.78 is 10.4. The average Bonchev–Trinajstić information content (AvgIpc) is 2.79. The van der Waals surface area contributed by atoms with Gasteiger partial charge in [-0.25, -0.2) is 0 Å². The molecule has 3 aromatic carbocycles. The highest BCUT2D eigenvalue weighted by Gasteiger charge is 2.11. The smallest absolute Gasteiger partial charge is 0.276 e. The molecule has 2 N–H and O–H groups in total. The number of hydrazine groups is 1. The van der Waals surface area contributed by atoms with E-state index >= 15 is 0 Å². The van der Waals surface area contributed by atoms with E-state index in [4.69, 9.17) is 9.47 Å². The van der Waals surface area contributed by atoms with E-state index in [1.165, 1.54) is 0 Å². The Bertz CT molecular complexity index is 1050. The van der Waals surface area contributed by atoms with Gasteiger partial charge in [0.1, 0.15) is 11.5 Å². The first-order valence-electron chi connectivity index (χ1n) is 9.41. The Morgan fingerprint density at radius 3 is 2.17 bits per heavy atom. The molecule has 154 valence electrons. The summed E-state index contributed by atoms with van der Waals surface area (Å²) in [6.07, 6.45) is 0.00761. The third-order valence-electron chi connectivity index (χ3n) is 4.42. The number of hydrogen-bond acceptors (Lipinski definition) is 5. The van der Waals surface area contributed by atoms with Gasteiger partial charge in [0.2, 0.25) is 5.91 Å². The molecule has 0 spiro atoms. The summed E-state index contributed by atoms with van der Waals surface area (Å²) in [7, 11) is 1.56. The Morgan fingerprint density at radius 2 is 1.43 bits per heavy atom. The van der Waals surface area contributed by atoms with Gasteiger partial charge < -0.3 is 9.47 Å². The van der Waals surface area contributed by atoms with Crippen molar-refractivity contribution in [1.82, 2.24) is 10.9 Å². The molecule has 0 saturated carbocycles. The molecule has 0 saturated heterocycles. The zero-order valence-electron chi connectivity index (χ0n) is 16.5. The number of carbonyl (C=O) groups excluding carboxylic acids is 3. The highest BCUT2D eigenvalue weighted by Crippen LogP contribution is 2.18. The zero-order valence-corrected chi connectivity index (χ0v) is 16.5. The number of Topliss-reactive ketones (excluding diaryl/α,β-unsaturated/α-hetero) is 1. The van der Waals surface area contributed by atoms with E-state index in [0.717, 1.165) is 10.8 Å². The lowest BCUT2D eigenvalue weighted by Gasteiger charge is -2.09. The third kappa shape index (κ3) is 5.81. The molecule has 7 nitrogen and oxygen atoms in total. The number of rotatable bonds is 8. The third-order valence-corrected chi connectivity index (χ3v) is 4.42. The fourth-order valence-electron chi connectivity index (χ4n) is 2.79. The van der Waals surface area contributed by atoms with Gasteiger partial charge in [0, 0.05) is 18.4 Å². The molecule has 0 aliphatic heterocycles. The van der Waals surface area contributed by atoms with Gasteiger partial charge in [0.15, 0.2) is 12.4 Å². The van der Waals surface area contributed by atoms with Crippen molar-refractivity contribution in [3.05, 3.63) is 72.3 Å². The van der Waals surface area contributed by atoms with E-state index < -0.39 is 11.8 Å². The summed E-state index contributed by atoms with van der Waals surface area (Å²) in [6, 6.07) is 20.0. The fourth-order valence-corrected chi connectivity index (χ4v) is 2.79. The molecular weight excluding hydrogens is 384 g/mol. The van der Waals surface area contributed by atoms with Gasteiger partial charge in [-0.15, -0.1) is 0 Å². The van der Waals surface area contributed by atoms with E-state index in [1.807, 2.05) is 36.4 Å². The average molecular weight is 406 g/mol. The van der Waals surface area contributed by atoms with E-state index in [1.54, 1.807) is 37.4 Å². The number of amides is 2. The molecule has 0 radical (unpaired) electrons. The summed E-state index contributed by atoms with van der Waals surface area (Å²) in [5.74, 6) is 0.0718. The topological polar surface area (TPSA) is 93.7 Å². The number of hydrogen-bond donors (Lipinski definition) is 2. The second kappa shape index (κ2) is 10.1. The van der Waals surface area contributed by atoms with Crippen LogP contribution < -0.4 is 20.3 Å². The summed E-state index contributed by atoms with van der Waals surface area (Å²) in [6.45, 7) is -0.261. The normalized spacial score (nSPS) is 10.3. The summed E-state index contributed by atoms with van der Waals surface area (Å²) in [5, 5.41) is 2.02. The summed E-state index contributed by atoms with van der Waals surface area (Å²) in [4.78, 5) is 36.0. The van der Waals surface area contributed by atoms with Gasteiger partial charge in [0.25, 0.3) is 5.91 Å². The summed E-state index contributed by atoms with van der Waals surface area (Å²) in [5.41, 5.74) is 5.10. The SMILES string of the molecule is COc1ccc(OCC(=O)NNC(=O)CCC(=O)c2ccc3ccccc3c2)cc1. The van der Waals surface area contributed by atoms with Crippen LogP contribution in [-0.4, -0.2) is 31.3 Å². The van der Waals surface area contributed by atoms with Crippen LogP contribution >= 0.6 is 0 Å². The van der Waals surface area contributed by atoms with Crippen molar-refractivity contribution in [2.24, 2.45) is 0 Å². The first kappa shape index (κ1) is 20.9. The maximum Gasteiger partial charge on any atom is 0.276 e. The molecule has 3 aromatic rings. The molecule has 0 atom stereocenters. The highest BCUT2D eigenvalue weighted by molar-refractivity contribution is 6.01. The molecule has 0 aliphatic rings. The zero-order chi connectivity index (χ0) is 21.3. The van der Waals surface area contributed by atoms with Crippen LogP contribution in [0.4, 0.5) is 0 Å². The minimum atomic E-state index is -0.514. The van der Waals surface area contributed by atoms with E-state index in [9.17, 15) is 14.4 Å². The minimum absolute atomic E-state index is 0.0364. The molecule has 0 fully saturated rings. The van der Waals surface area contributed by atoms with Gasteiger partial charge in [-0.3, -0.25) is 25.2 Å². The highest BCUT2D eigenvalue weighted by atomic mass is 16.5. The van der Waals surface area contributed by atoms with Crippen molar-refractivity contribution in [3.63, 3.8) is 0 Å². The van der Waals surface area contributed by atoms with Crippen LogP contribution in [0.15, 0.2) is 66.7 Å². The molecule has 0 aromatic heterocycles. The van der Waals surface area contributed by atoms with E-state index in [0.29, 0.717) is 17.1 Å². The van der Waals surface area contributed by atoms with Crippen molar-refractivity contribution in [2.45, 2.75) is 12.8 Å². The van der Waals surface area contributed by atoms with Crippen LogP contribution in [0, 0.1) is 0 Å². The first-order chi connectivity index (χ1) is 14.5. The second-order valence-electron chi connectivity index (χ2n) is 6.55. The maximum atomic E-state index is 12.3. The summed E-state index contributed by atoms with van der Waals surface area (Å²) >= 11 is 0. The minimum Gasteiger partial charge on any atom is -0.497 e. The number of methoxy groups -OCH3 is 1. The lowest BCUT2D eigenvalue weighted by molar-refractivity contribution is -0.130. The van der Waals surface area contributed by atoms with Crippen LogP contribution in [0.5, 0.6) is 11.5 Å². The van der Waals surface area contributed by atoms with Crippen molar-refractivity contribution >= 4 is 28.4 Å². The van der Waals surface area contributed by atoms with Gasteiger partial charge in [-0.1, -0.05) is 36.4 Å². The van der Waals surface area contributed by atoms with Crippen molar-refractivity contribution in [1.29, 1.82) is 0 Å². The van der Waals surface area contributed by atoms with Crippen LogP contribution in [0.25, 0.3) is 10.8 Å². The molecular formula is C23H22N2O5. The van der Waals surface area contributed by atoms with Crippen LogP contribution in [-0.2, 0) is 9.59 Å². The number of fused-ring (bicyclic) bond motifs is 1. The lowest BCUT2D eigenvalue weighted by Crippen LogP contribution is -2.43. The quantitative estimate of drug-likeness (QED) is 0.443. The largest absolute Gasteiger partial charge is 0.497 e. The number of ketones is 1. The van der Waals surface area contributed by atoms with Crippen molar-refractivity contribution in [3.8, 4) is 11.5 Å². The first-order valence-corrected chi connectivity index (χ1v) is 9.41. The number of ether oxygens (including phenoxy) is 2. The molecule has 0 aliphatic carbocycles. The van der Waals surface area contributed by atoms with E-state index in [2.05, 4.69) is 10.9 Å². The molecule has 0 bridgehead atoms. The predicted molar refractivity (Wildman–Crippen MR) is 112 cm³/mol. The lowest BCUT2D eigenvalue weighted by atomic mass is 10.0. The van der Waals surface area contributed by atoms with Crippen LogP contribution in [0.3, 0.4) is 0 Å².